The standard InChI is InChI=1S/C22H23Cl2N3O/c1-3-18(26-22-21(24)19(4-2)25-20(14-23)27-22)15-9-8-12-17(13-15)28-16-10-6-5-7-11-16/h5-13,18H,3-4,14H2,1-2H3,(H,25,26,27). The molecule has 3 rings (SSSR count). The SMILES string of the molecule is CCc1nc(CCl)nc(NC(CC)c2cccc(Oc3ccccc3)c2)c1Cl. The minimum Gasteiger partial charge on any atom is -0.457 e. The van der Waals surface area contributed by atoms with E-state index < -0.39 is 0 Å². The molecule has 146 valence electrons. The molecule has 0 saturated carbocycles. The van der Waals surface area contributed by atoms with Gasteiger partial charge in [-0.15, -0.1) is 11.6 Å². The zero-order chi connectivity index (χ0) is 19.9. The third-order valence-electron chi connectivity index (χ3n) is 4.38. The zero-order valence-electron chi connectivity index (χ0n) is 16.0. The summed E-state index contributed by atoms with van der Waals surface area (Å²) >= 11 is 12.5. The lowest BCUT2D eigenvalue weighted by molar-refractivity contribution is 0.481. The first-order valence-electron chi connectivity index (χ1n) is 9.35. The van der Waals surface area contributed by atoms with Gasteiger partial charge in [0, 0.05) is 0 Å². The number of aryl methyl sites for hydroxylation is 1. The number of anilines is 1. The van der Waals surface area contributed by atoms with E-state index in [1.54, 1.807) is 0 Å². The summed E-state index contributed by atoms with van der Waals surface area (Å²) in [5.41, 5.74) is 1.89. The van der Waals surface area contributed by atoms with Crippen molar-refractivity contribution in [3.63, 3.8) is 0 Å². The van der Waals surface area contributed by atoms with Crippen LogP contribution in [0.4, 0.5) is 5.82 Å². The van der Waals surface area contributed by atoms with Crippen molar-refractivity contribution >= 4 is 29.0 Å². The van der Waals surface area contributed by atoms with E-state index in [2.05, 4.69) is 28.3 Å². The fourth-order valence-corrected chi connectivity index (χ4v) is 3.33. The van der Waals surface area contributed by atoms with Crippen molar-refractivity contribution in [2.24, 2.45) is 0 Å². The number of hydrogen-bond donors (Lipinski definition) is 1. The lowest BCUT2D eigenvalue weighted by Crippen LogP contribution is -2.13. The van der Waals surface area contributed by atoms with Crippen LogP contribution in [0.1, 0.15) is 43.4 Å². The quantitative estimate of drug-likeness (QED) is 0.411. The van der Waals surface area contributed by atoms with E-state index in [9.17, 15) is 0 Å². The summed E-state index contributed by atoms with van der Waals surface area (Å²) in [5.74, 6) is 3.02. The van der Waals surface area contributed by atoms with Gasteiger partial charge in [-0.3, -0.25) is 0 Å². The van der Waals surface area contributed by atoms with Crippen LogP contribution in [0.5, 0.6) is 11.5 Å². The van der Waals surface area contributed by atoms with Crippen LogP contribution in [-0.2, 0) is 12.3 Å². The summed E-state index contributed by atoms with van der Waals surface area (Å²) < 4.78 is 5.96. The molecule has 1 atom stereocenters. The molecule has 3 aromatic rings. The molecule has 4 nitrogen and oxygen atoms in total. The van der Waals surface area contributed by atoms with Gasteiger partial charge in [0.15, 0.2) is 0 Å². The van der Waals surface area contributed by atoms with Gasteiger partial charge in [0.05, 0.1) is 17.6 Å². The molecule has 0 aliphatic rings. The lowest BCUT2D eigenvalue weighted by atomic mass is 10.0. The van der Waals surface area contributed by atoms with Crippen LogP contribution in [0.25, 0.3) is 0 Å². The number of benzene rings is 2. The van der Waals surface area contributed by atoms with Crippen LogP contribution in [0.15, 0.2) is 54.6 Å². The first-order chi connectivity index (χ1) is 13.6. The Morgan fingerprint density at radius 1 is 1.00 bits per heavy atom. The van der Waals surface area contributed by atoms with Gasteiger partial charge in [0.1, 0.15) is 28.2 Å². The Hall–Kier alpha value is -2.30. The van der Waals surface area contributed by atoms with Gasteiger partial charge in [-0.1, -0.05) is 55.8 Å². The van der Waals surface area contributed by atoms with E-state index in [-0.39, 0.29) is 11.9 Å². The van der Waals surface area contributed by atoms with Crippen LogP contribution < -0.4 is 10.1 Å². The molecule has 1 aromatic heterocycles. The Balaban J connectivity index is 1.85. The van der Waals surface area contributed by atoms with Crippen LogP contribution in [-0.4, -0.2) is 9.97 Å². The minimum absolute atomic E-state index is 0.0274. The lowest BCUT2D eigenvalue weighted by Gasteiger charge is -2.20. The molecule has 0 fully saturated rings. The Morgan fingerprint density at radius 3 is 2.43 bits per heavy atom. The van der Waals surface area contributed by atoms with Crippen molar-refractivity contribution < 1.29 is 4.74 Å². The molecule has 1 heterocycles. The van der Waals surface area contributed by atoms with Crippen LogP contribution in [0, 0.1) is 0 Å². The molecule has 0 aliphatic heterocycles. The predicted octanol–water partition coefficient (Wildman–Crippen LogP) is 6.79. The molecule has 0 bridgehead atoms. The Labute approximate surface area is 175 Å². The summed E-state index contributed by atoms with van der Waals surface area (Å²) in [5, 5.41) is 4.00. The number of rotatable bonds is 8. The zero-order valence-corrected chi connectivity index (χ0v) is 17.5. The Kier molecular flexibility index (Phi) is 7.12. The molecule has 0 spiro atoms. The molecule has 1 unspecified atom stereocenters. The van der Waals surface area contributed by atoms with Crippen LogP contribution in [0.2, 0.25) is 5.02 Å². The summed E-state index contributed by atoms with van der Waals surface area (Å²) in [6.45, 7) is 4.12. The van der Waals surface area contributed by atoms with Gasteiger partial charge in [-0.2, -0.15) is 0 Å². The van der Waals surface area contributed by atoms with E-state index in [0.717, 1.165) is 35.6 Å². The van der Waals surface area contributed by atoms with Crippen molar-refractivity contribution in [3.8, 4) is 11.5 Å². The molecule has 6 heteroatoms. The number of nitrogens with zero attached hydrogens (tertiary/aromatic N) is 2. The molecular weight excluding hydrogens is 393 g/mol. The maximum Gasteiger partial charge on any atom is 0.149 e. The second-order valence-corrected chi connectivity index (χ2v) is 6.97. The molecule has 0 saturated heterocycles. The number of nitrogens with one attached hydrogen (secondary N) is 1. The molecule has 1 N–H and O–H groups in total. The molecule has 0 amide bonds. The Morgan fingerprint density at radius 2 is 1.75 bits per heavy atom. The second-order valence-electron chi connectivity index (χ2n) is 6.33. The molecular formula is C22H23Cl2N3O. The van der Waals surface area contributed by atoms with Crippen LogP contribution in [0.3, 0.4) is 0 Å². The number of hydrogen-bond acceptors (Lipinski definition) is 4. The first kappa shape index (κ1) is 20.4. The Bertz CT molecular complexity index is 919. The monoisotopic (exact) mass is 415 g/mol. The average Bonchev–Trinajstić information content (AvgIpc) is 2.74. The highest BCUT2D eigenvalue weighted by molar-refractivity contribution is 6.33. The van der Waals surface area contributed by atoms with Crippen molar-refractivity contribution in [2.75, 3.05) is 5.32 Å². The van der Waals surface area contributed by atoms with Gasteiger partial charge in [0.25, 0.3) is 0 Å². The molecule has 0 aliphatic carbocycles. The van der Waals surface area contributed by atoms with Gasteiger partial charge in [-0.05, 0) is 42.7 Å². The number of aromatic nitrogens is 2. The van der Waals surface area contributed by atoms with Gasteiger partial charge >= 0.3 is 0 Å². The number of para-hydroxylation sites is 1. The van der Waals surface area contributed by atoms with Crippen LogP contribution >= 0.6 is 23.2 Å². The highest BCUT2D eigenvalue weighted by atomic mass is 35.5. The first-order valence-corrected chi connectivity index (χ1v) is 10.3. The van der Waals surface area contributed by atoms with Gasteiger partial charge in [-0.25, -0.2) is 9.97 Å². The number of alkyl halides is 1. The third kappa shape index (κ3) is 4.94. The number of halogens is 2. The largest absolute Gasteiger partial charge is 0.457 e. The highest BCUT2D eigenvalue weighted by Crippen LogP contribution is 2.31. The van der Waals surface area contributed by atoms with Crippen molar-refractivity contribution in [2.45, 2.75) is 38.6 Å². The average molecular weight is 416 g/mol. The summed E-state index contributed by atoms with van der Waals surface area (Å²) in [6.07, 6.45) is 1.57. The summed E-state index contributed by atoms with van der Waals surface area (Å²) in [6, 6.07) is 17.8. The van der Waals surface area contributed by atoms with E-state index in [0.29, 0.717) is 16.7 Å². The maximum atomic E-state index is 6.51. The molecule has 28 heavy (non-hydrogen) atoms. The topological polar surface area (TPSA) is 47.0 Å². The molecule has 2 aromatic carbocycles. The van der Waals surface area contributed by atoms with E-state index in [4.69, 9.17) is 27.9 Å². The minimum atomic E-state index is 0.0274. The van der Waals surface area contributed by atoms with Crippen molar-refractivity contribution in [1.82, 2.24) is 9.97 Å². The van der Waals surface area contributed by atoms with Gasteiger partial charge in [0.2, 0.25) is 0 Å². The normalized spacial score (nSPS) is 11.9. The molecule has 0 radical (unpaired) electrons. The van der Waals surface area contributed by atoms with Crippen molar-refractivity contribution in [3.05, 3.63) is 76.7 Å². The third-order valence-corrected chi connectivity index (χ3v) is 5.02. The van der Waals surface area contributed by atoms with E-state index in [1.165, 1.54) is 0 Å². The van der Waals surface area contributed by atoms with E-state index in [1.807, 2.05) is 55.5 Å². The number of ether oxygens (including phenoxy) is 1. The smallest absolute Gasteiger partial charge is 0.149 e. The second kappa shape index (κ2) is 9.76. The highest BCUT2D eigenvalue weighted by Gasteiger charge is 2.16. The van der Waals surface area contributed by atoms with Gasteiger partial charge < -0.3 is 10.1 Å². The van der Waals surface area contributed by atoms with Crippen molar-refractivity contribution in [1.29, 1.82) is 0 Å². The maximum absolute atomic E-state index is 6.51. The summed E-state index contributed by atoms with van der Waals surface area (Å²) in [7, 11) is 0. The summed E-state index contributed by atoms with van der Waals surface area (Å²) in [4.78, 5) is 8.89. The fourth-order valence-electron chi connectivity index (χ4n) is 2.94. The fraction of sp³-hybridized carbons (Fsp3) is 0.273. The van der Waals surface area contributed by atoms with E-state index >= 15 is 0 Å². The predicted molar refractivity (Wildman–Crippen MR) is 116 cm³/mol.